The minimum Gasteiger partial charge on any atom is -0.379 e. The highest BCUT2D eigenvalue weighted by Gasteiger charge is 2.34. The van der Waals surface area contributed by atoms with E-state index in [1.165, 1.54) is 6.20 Å². The van der Waals surface area contributed by atoms with Crippen LogP contribution in [0.1, 0.15) is 43.8 Å². The van der Waals surface area contributed by atoms with E-state index in [-0.39, 0.29) is 12.1 Å². The van der Waals surface area contributed by atoms with Crippen molar-refractivity contribution in [3.63, 3.8) is 0 Å². The van der Waals surface area contributed by atoms with Crippen LogP contribution in [0.15, 0.2) is 43.0 Å². The van der Waals surface area contributed by atoms with E-state index in [1.54, 1.807) is 17.3 Å². The minimum absolute atomic E-state index is 0.185. The van der Waals surface area contributed by atoms with Gasteiger partial charge < -0.3 is 15.0 Å². The third-order valence-corrected chi connectivity index (χ3v) is 7.09. The Morgan fingerprint density at radius 1 is 1.14 bits per heavy atom. The summed E-state index contributed by atoms with van der Waals surface area (Å²) in [6, 6.07) is 6.23. The fourth-order valence-corrected chi connectivity index (χ4v) is 5.17. The number of aromatic nitrogens is 5. The molecule has 0 bridgehead atoms. The van der Waals surface area contributed by atoms with Crippen LogP contribution in [0.25, 0.3) is 21.8 Å². The highest BCUT2D eigenvalue weighted by Crippen LogP contribution is 2.35. The number of amides is 2. The highest BCUT2D eigenvalue weighted by molar-refractivity contribution is 6.40. The van der Waals surface area contributed by atoms with Crippen LogP contribution in [0.2, 0.25) is 0 Å². The molecule has 2 aliphatic rings. The van der Waals surface area contributed by atoms with Crippen LogP contribution >= 0.6 is 0 Å². The molecule has 10 nitrogen and oxygen atoms in total. The Balaban J connectivity index is 1.26. The number of hydrogen-bond acceptors (Lipinski definition) is 6. The number of nitrogens with zero attached hydrogens (tertiary/aromatic N) is 5. The first-order chi connectivity index (χ1) is 17.1. The summed E-state index contributed by atoms with van der Waals surface area (Å²) in [6.07, 6.45) is 9.58. The number of aromatic amines is 1. The van der Waals surface area contributed by atoms with Crippen molar-refractivity contribution >= 4 is 39.3 Å². The summed E-state index contributed by atoms with van der Waals surface area (Å²) in [7, 11) is 0. The van der Waals surface area contributed by atoms with Gasteiger partial charge in [0.2, 0.25) is 0 Å². The Morgan fingerprint density at radius 3 is 2.91 bits per heavy atom. The van der Waals surface area contributed by atoms with Crippen molar-refractivity contribution < 1.29 is 14.3 Å². The maximum atomic E-state index is 13.4. The molecule has 5 heterocycles. The Morgan fingerprint density at radius 2 is 2.06 bits per heavy atom. The monoisotopic (exact) mass is 473 g/mol. The average molecular weight is 474 g/mol. The summed E-state index contributed by atoms with van der Waals surface area (Å²) in [6.45, 7) is 4.07. The molecular weight excluding hydrogens is 446 g/mol. The lowest BCUT2D eigenvalue weighted by molar-refractivity contribution is -0.146. The number of benzene rings is 1. The second kappa shape index (κ2) is 8.77. The third kappa shape index (κ3) is 4.03. The van der Waals surface area contributed by atoms with Gasteiger partial charge >= 0.3 is 11.8 Å². The van der Waals surface area contributed by atoms with E-state index < -0.39 is 11.8 Å². The van der Waals surface area contributed by atoms with Crippen molar-refractivity contribution in [2.24, 2.45) is 5.92 Å². The van der Waals surface area contributed by atoms with Gasteiger partial charge in [0, 0.05) is 36.3 Å². The molecule has 4 aromatic rings. The fourth-order valence-electron chi connectivity index (χ4n) is 5.17. The smallest absolute Gasteiger partial charge is 0.314 e. The molecule has 2 aliphatic heterocycles. The topological polar surface area (TPSA) is 118 Å². The van der Waals surface area contributed by atoms with Crippen molar-refractivity contribution in [1.82, 2.24) is 29.9 Å². The zero-order valence-corrected chi connectivity index (χ0v) is 19.5. The molecular formula is C25H27N7O3. The number of piperidine rings is 1. The van der Waals surface area contributed by atoms with Crippen LogP contribution in [0, 0.1) is 5.92 Å². The number of anilines is 1. The van der Waals surface area contributed by atoms with Gasteiger partial charge in [0.15, 0.2) is 0 Å². The first-order valence-electron chi connectivity index (χ1n) is 12.0. The lowest BCUT2D eigenvalue weighted by Gasteiger charge is -2.38. The van der Waals surface area contributed by atoms with Crippen LogP contribution < -0.4 is 5.32 Å². The maximum absolute atomic E-state index is 13.4. The van der Waals surface area contributed by atoms with Gasteiger partial charge in [-0.3, -0.25) is 24.4 Å². The second-order valence-electron chi connectivity index (χ2n) is 9.58. The summed E-state index contributed by atoms with van der Waals surface area (Å²) in [5.74, 6) is -0.919. The average Bonchev–Trinajstić information content (AvgIpc) is 3.63. The predicted molar refractivity (Wildman–Crippen MR) is 130 cm³/mol. The Hall–Kier alpha value is -3.79. The molecule has 2 fully saturated rings. The molecule has 1 unspecified atom stereocenters. The number of pyridine rings is 1. The number of H-pyrrole nitrogens is 1. The number of fused-ring (bicyclic) bond motifs is 2. The zero-order chi connectivity index (χ0) is 23.9. The van der Waals surface area contributed by atoms with Crippen LogP contribution in [-0.4, -0.2) is 61.4 Å². The van der Waals surface area contributed by atoms with Crippen molar-refractivity contribution in [1.29, 1.82) is 0 Å². The minimum atomic E-state index is -0.681. The van der Waals surface area contributed by atoms with Gasteiger partial charge in [-0.2, -0.15) is 10.2 Å². The fraction of sp³-hybridized carbons (Fsp3) is 0.400. The van der Waals surface area contributed by atoms with Crippen molar-refractivity contribution in [2.75, 3.05) is 25.1 Å². The summed E-state index contributed by atoms with van der Waals surface area (Å²) >= 11 is 0. The molecule has 2 amide bonds. The molecule has 180 valence electrons. The molecule has 3 aromatic heterocycles. The van der Waals surface area contributed by atoms with Crippen LogP contribution in [0.4, 0.5) is 5.69 Å². The number of nitrogens with one attached hydrogen (secondary N) is 2. The van der Waals surface area contributed by atoms with Gasteiger partial charge in [0.1, 0.15) is 0 Å². The van der Waals surface area contributed by atoms with E-state index in [2.05, 4.69) is 45.8 Å². The molecule has 2 saturated heterocycles. The number of likely N-dealkylation sites (tertiary alicyclic amines) is 1. The van der Waals surface area contributed by atoms with E-state index in [0.717, 1.165) is 47.7 Å². The molecule has 3 atom stereocenters. The van der Waals surface area contributed by atoms with Gasteiger partial charge in [0.25, 0.3) is 0 Å². The molecule has 10 heteroatoms. The summed E-state index contributed by atoms with van der Waals surface area (Å²) in [4.78, 5) is 32.2. The number of carbonyl (C=O) groups excluding carboxylic acids is 2. The Bertz CT molecular complexity index is 1400. The van der Waals surface area contributed by atoms with E-state index in [9.17, 15) is 9.59 Å². The van der Waals surface area contributed by atoms with Crippen LogP contribution in [-0.2, 0) is 14.3 Å². The van der Waals surface area contributed by atoms with Gasteiger partial charge in [-0.05, 0) is 36.8 Å². The third-order valence-electron chi connectivity index (χ3n) is 7.09. The van der Waals surface area contributed by atoms with E-state index in [4.69, 9.17) is 9.84 Å². The van der Waals surface area contributed by atoms with Crippen molar-refractivity contribution in [2.45, 2.75) is 38.3 Å². The maximum Gasteiger partial charge on any atom is 0.314 e. The molecule has 0 radical (unpaired) electrons. The van der Waals surface area contributed by atoms with Gasteiger partial charge in [-0.1, -0.05) is 19.1 Å². The first-order valence-corrected chi connectivity index (χ1v) is 12.0. The van der Waals surface area contributed by atoms with Gasteiger partial charge in [-0.15, -0.1) is 0 Å². The Kier molecular flexibility index (Phi) is 5.44. The molecule has 2 N–H and O–H groups in total. The number of rotatable bonds is 3. The molecule has 35 heavy (non-hydrogen) atoms. The van der Waals surface area contributed by atoms with Gasteiger partial charge in [0.05, 0.1) is 47.8 Å². The Labute approximate surface area is 201 Å². The zero-order valence-electron chi connectivity index (χ0n) is 19.5. The lowest BCUT2D eigenvalue weighted by atomic mass is 9.89. The van der Waals surface area contributed by atoms with Crippen LogP contribution in [0.5, 0.6) is 0 Å². The summed E-state index contributed by atoms with van der Waals surface area (Å²) in [5, 5.41) is 16.2. The first kappa shape index (κ1) is 21.7. The normalized spacial score (nSPS) is 22.7. The van der Waals surface area contributed by atoms with E-state index in [1.807, 2.05) is 10.7 Å². The number of carbonyl (C=O) groups is 2. The second-order valence-corrected chi connectivity index (χ2v) is 9.58. The molecule has 6 rings (SSSR count). The van der Waals surface area contributed by atoms with Crippen LogP contribution in [0.3, 0.4) is 0 Å². The van der Waals surface area contributed by atoms with E-state index in [0.29, 0.717) is 30.3 Å². The largest absolute Gasteiger partial charge is 0.379 e. The predicted octanol–water partition coefficient (Wildman–Crippen LogP) is 3.21. The molecule has 0 saturated carbocycles. The quantitative estimate of drug-likeness (QED) is 0.441. The summed E-state index contributed by atoms with van der Waals surface area (Å²) in [5.41, 5.74) is 2.96. The van der Waals surface area contributed by atoms with E-state index >= 15 is 0 Å². The van der Waals surface area contributed by atoms with Crippen molar-refractivity contribution in [3.8, 4) is 0 Å². The molecule has 0 spiro atoms. The van der Waals surface area contributed by atoms with Gasteiger partial charge in [-0.25, -0.2) is 0 Å². The number of hydrogen-bond donors (Lipinski definition) is 2. The highest BCUT2D eigenvalue weighted by atomic mass is 16.5. The lowest BCUT2D eigenvalue weighted by Crippen LogP contribution is -2.46. The van der Waals surface area contributed by atoms with Crippen molar-refractivity contribution in [3.05, 3.63) is 48.5 Å². The molecule has 0 aliphatic carbocycles. The molecule has 1 aromatic carbocycles. The SMILES string of the molecule is C[C@H]1CC[C@@H](c2ccc3cn(C4CCOC4)nc3c2)N(C(=O)C(=O)Nc2cncc3cn[nH]c23)C1. The standard InChI is InChI=1S/C25H27N7O3/c1-15-2-5-22(16-3-4-17-13-32(30-20(17)8-16)19-6-7-35-14-19)31(12-15)25(34)24(33)28-21-11-26-9-18-10-27-29-23(18)21/h3-4,8-11,13,15,19,22H,2,5-7,12,14H2,1H3,(H,27,29)(H,28,33)/t15-,19?,22-/m0/s1. The summed E-state index contributed by atoms with van der Waals surface area (Å²) < 4.78 is 7.50. The number of ether oxygens (including phenoxy) is 1.